The second kappa shape index (κ2) is 13.1. The molecule has 7 rings (SSSR count). The summed E-state index contributed by atoms with van der Waals surface area (Å²) < 4.78 is 10.2. The van der Waals surface area contributed by atoms with Gasteiger partial charge in [-0.25, -0.2) is 4.98 Å². The number of aromatic nitrogens is 5. The Kier molecular flexibility index (Phi) is 8.66. The van der Waals surface area contributed by atoms with E-state index in [0.29, 0.717) is 27.9 Å². The molecule has 2 saturated heterocycles. The smallest absolute Gasteiger partial charge is 0.261 e. The molecule has 0 bridgehead atoms. The van der Waals surface area contributed by atoms with Crippen LogP contribution in [0.15, 0.2) is 78.1 Å². The van der Waals surface area contributed by atoms with Crippen molar-refractivity contribution in [1.82, 2.24) is 34.1 Å². The minimum absolute atomic E-state index is 0.0255. The first-order valence-corrected chi connectivity index (χ1v) is 16.6. The fraction of sp³-hybridized carbons (Fsp3) is 0.303. The van der Waals surface area contributed by atoms with Gasteiger partial charge in [0.2, 0.25) is 5.95 Å². The highest BCUT2D eigenvalue weighted by atomic mass is 35.5. The summed E-state index contributed by atoms with van der Waals surface area (Å²) in [6, 6.07) is 15.2. The maximum atomic E-state index is 14.3. The van der Waals surface area contributed by atoms with Crippen LogP contribution in [0.4, 0.5) is 11.6 Å². The predicted octanol–water partition coefficient (Wildman–Crippen LogP) is 5.97. The van der Waals surface area contributed by atoms with Gasteiger partial charge in [0.25, 0.3) is 5.56 Å². The largest absolute Gasteiger partial charge is 0.489 e. The van der Waals surface area contributed by atoms with Crippen LogP contribution in [0, 0.1) is 0 Å². The minimum atomic E-state index is -0.163. The first-order chi connectivity index (χ1) is 22.1. The molecule has 1 atom stereocenters. The molecular weight excluding hydrogens is 608 g/mol. The van der Waals surface area contributed by atoms with E-state index >= 15 is 0 Å². The molecule has 10 nitrogen and oxygen atoms in total. The summed E-state index contributed by atoms with van der Waals surface area (Å²) in [4.78, 5) is 32.6. The highest BCUT2D eigenvalue weighted by Gasteiger charge is 2.26. The first kappa shape index (κ1) is 29.7. The van der Waals surface area contributed by atoms with Gasteiger partial charge in [0, 0.05) is 67.1 Å². The van der Waals surface area contributed by atoms with Crippen LogP contribution in [-0.4, -0.2) is 67.3 Å². The number of piperidine rings is 1. The molecule has 2 fully saturated rings. The quantitative estimate of drug-likeness (QED) is 0.197. The van der Waals surface area contributed by atoms with Crippen LogP contribution >= 0.6 is 23.5 Å². The maximum absolute atomic E-state index is 14.3. The van der Waals surface area contributed by atoms with E-state index in [1.54, 1.807) is 42.8 Å². The van der Waals surface area contributed by atoms with Crippen LogP contribution in [0.2, 0.25) is 5.02 Å². The molecule has 0 saturated carbocycles. The molecule has 2 aliphatic rings. The Labute approximate surface area is 270 Å². The van der Waals surface area contributed by atoms with E-state index in [9.17, 15) is 4.79 Å². The van der Waals surface area contributed by atoms with Crippen LogP contribution in [-0.2, 0) is 0 Å². The zero-order valence-corrected chi connectivity index (χ0v) is 26.4. The summed E-state index contributed by atoms with van der Waals surface area (Å²) in [6.07, 6.45) is 11.9. The fourth-order valence-electron chi connectivity index (χ4n) is 5.98. The van der Waals surface area contributed by atoms with E-state index in [1.165, 1.54) is 0 Å². The van der Waals surface area contributed by atoms with Gasteiger partial charge in [-0.05, 0) is 86.2 Å². The number of pyridine rings is 3. The third-order valence-corrected chi connectivity index (χ3v) is 9.53. The average molecular weight is 641 g/mol. The Morgan fingerprint density at radius 3 is 2.51 bits per heavy atom. The van der Waals surface area contributed by atoms with Gasteiger partial charge >= 0.3 is 0 Å². The zero-order valence-electron chi connectivity index (χ0n) is 24.8. The van der Waals surface area contributed by atoms with Gasteiger partial charge in [0.05, 0.1) is 16.3 Å². The van der Waals surface area contributed by atoms with Gasteiger partial charge in [0.1, 0.15) is 17.5 Å². The van der Waals surface area contributed by atoms with Gasteiger partial charge in [-0.15, -0.1) is 0 Å². The molecule has 45 heavy (non-hydrogen) atoms. The fourth-order valence-corrected chi connectivity index (χ4v) is 6.82. The number of fused-ring (bicyclic) bond motifs is 1. The number of rotatable bonds is 8. The molecule has 2 N–H and O–H groups in total. The number of ether oxygens (including phenoxy) is 1. The zero-order chi connectivity index (χ0) is 30.8. The highest BCUT2D eigenvalue weighted by Crippen LogP contribution is 2.33. The summed E-state index contributed by atoms with van der Waals surface area (Å²) in [6.45, 7) is 3.61. The van der Waals surface area contributed by atoms with E-state index in [2.05, 4.69) is 36.1 Å². The standard InChI is InChI=1S/C33H33ClN8O2S/c1-45-41-14-9-25(10-15-41)42-31-23(16-28(32(42)43)30-29(34)17-22(18-37-30)21-6-11-35-12-7-21)19-38-33(40-31)39-24-2-4-26(5-3-24)44-27-8-13-36-20-27/h2-7,11-12,16-19,25,27,36H,8-10,13-15,20H2,1H3,(H,38,39,40). The van der Waals surface area contributed by atoms with E-state index in [0.717, 1.165) is 73.4 Å². The summed E-state index contributed by atoms with van der Waals surface area (Å²) in [5.41, 5.74) is 3.92. The molecule has 1 unspecified atom stereocenters. The van der Waals surface area contributed by atoms with E-state index in [-0.39, 0.29) is 17.7 Å². The molecule has 0 aliphatic carbocycles. The number of nitrogens with one attached hydrogen (secondary N) is 2. The second-order valence-corrected chi connectivity index (χ2v) is 12.5. The van der Waals surface area contributed by atoms with E-state index < -0.39 is 0 Å². The molecule has 1 aromatic carbocycles. The van der Waals surface area contributed by atoms with Crippen molar-refractivity contribution in [2.45, 2.75) is 31.4 Å². The number of halogens is 1. The van der Waals surface area contributed by atoms with Crippen molar-refractivity contribution in [3.8, 4) is 28.1 Å². The van der Waals surface area contributed by atoms with Crippen molar-refractivity contribution < 1.29 is 4.74 Å². The Hall–Kier alpha value is -4.03. The third kappa shape index (κ3) is 6.39. The molecule has 12 heteroatoms. The molecule has 0 radical (unpaired) electrons. The van der Waals surface area contributed by atoms with Crippen molar-refractivity contribution in [2.75, 3.05) is 37.8 Å². The van der Waals surface area contributed by atoms with Gasteiger partial charge in [-0.2, -0.15) is 4.98 Å². The Morgan fingerprint density at radius 1 is 1.00 bits per heavy atom. The van der Waals surface area contributed by atoms with Crippen LogP contribution in [0.5, 0.6) is 5.75 Å². The third-order valence-electron chi connectivity index (χ3n) is 8.36. The summed E-state index contributed by atoms with van der Waals surface area (Å²) in [7, 11) is 0. The summed E-state index contributed by atoms with van der Waals surface area (Å²) >= 11 is 8.53. The lowest BCUT2D eigenvalue weighted by Crippen LogP contribution is -2.35. The lowest BCUT2D eigenvalue weighted by atomic mass is 10.0. The summed E-state index contributed by atoms with van der Waals surface area (Å²) in [5.74, 6) is 1.24. The molecule has 5 aromatic rings. The Bertz CT molecular complexity index is 1860. The molecule has 0 amide bonds. The van der Waals surface area contributed by atoms with Crippen LogP contribution in [0.3, 0.4) is 0 Å². The van der Waals surface area contributed by atoms with Gasteiger partial charge in [-0.3, -0.25) is 23.6 Å². The number of hydrogen-bond donors (Lipinski definition) is 2. The molecule has 4 aromatic heterocycles. The lowest BCUT2D eigenvalue weighted by molar-refractivity contribution is 0.223. The predicted molar refractivity (Wildman–Crippen MR) is 180 cm³/mol. The van der Waals surface area contributed by atoms with Crippen molar-refractivity contribution in [3.05, 3.63) is 88.7 Å². The lowest BCUT2D eigenvalue weighted by Gasteiger charge is -2.31. The number of hydrogen-bond acceptors (Lipinski definition) is 10. The van der Waals surface area contributed by atoms with Crippen molar-refractivity contribution in [3.63, 3.8) is 0 Å². The van der Waals surface area contributed by atoms with Gasteiger partial charge in [0.15, 0.2) is 0 Å². The van der Waals surface area contributed by atoms with Crippen LogP contribution in [0.25, 0.3) is 33.4 Å². The average Bonchev–Trinajstić information content (AvgIpc) is 3.59. The molecule has 2 aliphatic heterocycles. The van der Waals surface area contributed by atoms with E-state index in [1.807, 2.05) is 47.0 Å². The normalized spacial score (nSPS) is 17.5. The number of nitrogens with zero attached hydrogens (tertiary/aromatic N) is 6. The Morgan fingerprint density at radius 2 is 1.80 bits per heavy atom. The topological polar surface area (TPSA) is 110 Å². The first-order valence-electron chi connectivity index (χ1n) is 15.1. The second-order valence-electron chi connectivity index (χ2n) is 11.2. The van der Waals surface area contributed by atoms with Crippen LogP contribution < -0.4 is 20.9 Å². The highest BCUT2D eigenvalue weighted by molar-refractivity contribution is 7.96. The van der Waals surface area contributed by atoms with E-state index in [4.69, 9.17) is 21.3 Å². The number of anilines is 2. The van der Waals surface area contributed by atoms with Crippen molar-refractivity contribution >= 4 is 46.2 Å². The maximum Gasteiger partial charge on any atom is 0.261 e. The Balaban J connectivity index is 1.24. The van der Waals surface area contributed by atoms with Gasteiger partial charge in [-0.1, -0.05) is 23.5 Å². The monoisotopic (exact) mass is 640 g/mol. The van der Waals surface area contributed by atoms with Crippen molar-refractivity contribution in [2.24, 2.45) is 0 Å². The van der Waals surface area contributed by atoms with Gasteiger partial charge < -0.3 is 15.4 Å². The van der Waals surface area contributed by atoms with Crippen LogP contribution in [0.1, 0.15) is 25.3 Å². The van der Waals surface area contributed by atoms with Crippen molar-refractivity contribution in [1.29, 1.82) is 0 Å². The molecule has 0 spiro atoms. The summed E-state index contributed by atoms with van der Waals surface area (Å²) in [5, 5.41) is 7.77. The molecule has 230 valence electrons. The SMILES string of the molecule is CSN1CCC(n2c(=O)c(-c3ncc(-c4ccncc4)cc3Cl)cc3cnc(Nc4ccc(OC5CCNC5)cc4)nc32)CC1. The molecular formula is C33H33ClN8O2S. The molecule has 6 heterocycles. The minimum Gasteiger partial charge on any atom is -0.489 e. The number of benzene rings is 1.